The van der Waals surface area contributed by atoms with Crippen molar-refractivity contribution >= 4 is 57.7 Å². The smallest absolute Gasteiger partial charge is 0.272 e. The highest BCUT2D eigenvalue weighted by Crippen LogP contribution is 2.28. The van der Waals surface area contributed by atoms with E-state index in [-0.39, 0.29) is 22.8 Å². The lowest BCUT2D eigenvalue weighted by atomic mass is 10.0. The normalized spacial score (nSPS) is 12.0. The molecule has 0 bridgehead atoms. The fourth-order valence-corrected chi connectivity index (χ4v) is 5.60. The van der Waals surface area contributed by atoms with E-state index in [1.807, 2.05) is 91.9 Å². The number of amides is 3. The third-order valence-electron chi connectivity index (χ3n) is 7.28. The molecule has 5 rings (SSSR count). The summed E-state index contributed by atoms with van der Waals surface area (Å²) in [6.45, 7) is 6.10. The van der Waals surface area contributed by atoms with Crippen LogP contribution in [0.4, 0.5) is 11.4 Å². The van der Waals surface area contributed by atoms with Crippen molar-refractivity contribution in [3.8, 4) is 0 Å². The summed E-state index contributed by atoms with van der Waals surface area (Å²) in [7, 11) is 0. The number of fused-ring (bicyclic) bond motifs is 1. The van der Waals surface area contributed by atoms with Crippen LogP contribution in [0.25, 0.3) is 16.8 Å². The van der Waals surface area contributed by atoms with Crippen LogP contribution in [-0.2, 0) is 9.59 Å². The molecular weight excluding hydrogens is 579 g/mol. The van der Waals surface area contributed by atoms with E-state index in [0.29, 0.717) is 17.2 Å². The monoisotopic (exact) mass is 613 g/mol. The Kier molecular flexibility index (Phi) is 10.1. The Morgan fingerprint density at radius 3 is 2.07 bits per heavy atom. The first-order valence-electron chi connectivity index (χ1n) is 14.8. The Bertz CT molecular complexity index is 1830. The zero-order valence-electron chi connectivity index (χ0n) is 25.4. The second kappa shape index (κ2) is 14.6. The Labute approximate surface area is 268 Å². The third kappa shape index (κ3) is 8.28. The second-order valence-corrected chi connectivity index (χ2v) is 12.4. The highest BCUT2D eigenvalue weighted by atomic mass is 32.2. The number of thioether (sulfide) groups is 1. The number of carbonyl (C=O) groups excluding carboxylic acids is 3. The Balaban J connectivity index is 1.26. The lowest BCUT2D eigenvalue weighted by Gasteiger charge is -2.14. The van der Waals surface area contributed by atoms with Crippen molar-refractivity contribution in [1.82, 2.24) is 5.32 Å². The molecule has 7 heteroatoms. The van der Waals surface area contributed by atoms with Gasteiger partial charge in [0.25, 0.3) is 11.8 Å². The van der Waals surface area contributed by atoms with Crippen LogP contribution in [0, 0.1) is 0 Å². The van der Waals surface area contributed by atoms with E-state index in [1.54, 1.807) is 42.5 Å². The van der Waals surface area contributed by atoms with Gasteiger partial charge in [0, 0.05) is 27.2 Å². The number of hydrogen-bond donors (Lipinski definition) is 3. The molecule has 45 heavy (non-hydrogen) atoms. The standard InChI is InChI=1S/C38H35N3O3S/c1-25(2)28-18-16-27(17-19-28)24-35(41-37(43)30-11-5-4-6-12-30)38(44)39-31-20-22-32(23-21-31)45-26(3)36(42)40-34-15-9-13-29-10-7-8-14-33(29)34/h4-26H,1-3H3,(H,39,44)(H,40,42)(H,41,43)/b35-24-. The van der Waals surface area contributed by atoms with Gasteiger partial charge in [0.2, 0.25) is 5.91 Å². The van der Waals surface area contributed by atoms with Crippen LogP contribution in [0.1, 0.15) is 48.2 Å². The number of nitrogens with one attached hydrogen (secondary N) is 3. The number of rotatable bonds is 10. The summed E-state index contributed by atoms with van der Waals surface area (Å²) < 4.78 is 0. The van der Waals surface area contributed by atoms with Gasteiger partial charge in [0.1, 0.15) is 5.70 Å². The van der Waals surface area contributed by atoms with Gasteiger partial charge in [-0.2, -0.15) is 0 Å². The zero-order valence-corrected chi connectivity index (χ0v) is 26.2. The molecule has 3 N–H and O–H groups in total. The van der Waals surface area contributed by atoms with Crippen LogP contribution in [0.15, 0.2) is 132 Å². The van der Waals surface area contributed by atoms with Crippen molar-refractivity contribution in [2.45, 2.75) is 36.8 Å². The second-order valence-electron chi connectivity index (χ2n) is 11.0. The molecule has 5 aromatic rings. The van der Waals surface area contributed by atoms with Gasteiger partial charge in [-0.1, -0.05) is 92.7 Å². The number of benzene rings is 5. The summed E-state index contributed by atoms with van der Waals surface area (Å²) in [6.07, 6.45) is 1.67. The molecule has 0 radical (unpaired) electrons. The first kappa shape index (κ1) is 31.3. The summed E-state index contributed by atoms with van der Waals surface area (Å²) in [5.41, 5.74) is 3.89. The lowest BCUT2D eigenvalue weighted by molar-refractivity contribution is -0.115. The predicted octanol–water partition coefficient (Wildman–Crippen LogP) is 8.49. The summed E-state index contributed by atoms with van der Waals surface area (Å²) in [6, 6.07) is 37.7. The van der Waals surface area contributed by atoms with Gasteiger partial charge < -0.3 is 16.0 Å². The van der Waals surface area contributed by atoms with Crippen LogP contribution in [0.2, 0.25) is 0 Å². The minimum absolute atomic E-state index is 0.0981. The Morgan fingerprint density at radius 2 is 1.36 bits per heavy atom. The van der Waals surface area contributed by atoms with E-state index < -0.39 is 5.91 Å². The summed E-state index contributed by atoms with van der Waals surface area (Å²) in [4.78, 5) is 40.3. The molecule has 0 fully saturated rings. The van der Waals surface area contributed by atoms with Gasteiger partial charge in [-0.05, 0) is 77.9 Å². The van der Waals surface area contributed by atoms with Crippen LogP contribution >= 0.6 is 11.8 Å². The highest BCUT2D eigenvalue weighted by molar-refractivity contribution is 8.00. The maximum atomic E-state index is 13.4. The van der Waals surface area contributed by atoms with Gasteiger partial charge in [-0.3, -0.25) is 14.4 Å². The molecule has 0 heterocycles. The van der Waals surface area contributed by atoms with Gasteiger partial charge >= 0.3 is 0 Å². The minimum atomic E-state index is -0.449. The molecule has 0 aliphatic heterocycles. The van der Waals surface area contributed by atoms with Gasteiger partial charge in [0.05, 0.1) is 5.25 Å². The van der Waals surface area contributed by atoms with Gasteiger partial charge in [-0.25, -0.2) is 0 Å². The first-order valence-corrected chi connectivity index (χ1v) is 15.7. The fourth-order valence-electron chi connectivity index (χ4n) is 4.73. The molecule has 0 aliphatic rings. The minimum Gasteiger partial charge on any atom is -0.325 e. The van der Waals surface area contributed by atoms with Crippen molar-refractivity contribution in [2.75, 3.05) is 10.6 Å². The molecule has 0 aliphatic carbocycles. The Morgan fingerprint density at radius 1 is 0.689 bits per heavy atom. The maximum Gasteiger partial charge on any atom is 0.272 e. The van der Waals surface area contributed by atoms with E-state index in [0.717, 1.165) is 26.9 Å². The molecule has 226 valence electrons. The third-order valence-corrected chi connectivity index (χ3v) is 8.40. The van der Waals surface area contributed by atoms with Crippen molar-refractivity contribution in [1.29, 1.82) is 0 Å². The molecule has 1 atom stereocenters. The van der Waals surface area contributed by atoms with Crippen LogP contribution in [0.5, 0.6) is 0 Å². The van der Waals surface area contributed by atoms with E-state index >= 15 is 0 Å². The van der Waals surface area contributed by atoms with Crippen LogP contribution in [0.3, 0.4) is 0 Å². The fraction of sp³-hybridized carbons (Fsp3) is 0.132. The number of hydrogen-bond acceptors (Lipinski definition) is 4. The molecule has 0 aromatic heterocycles. The molecule has 3 amide bonds. The summed E-state index contributed by atoms with van der Waals surface area (Å²) >= 11 is 1.43. The Hall–Kier alpha value is -5.14. The van der Waals surface area contributed by atoms with E-state index in [4.69, 9.17) is 0 Å². The molecule has 1 unspecified atom stereocenters. The average molecular weight is 614 g/mol. The predicted molar refractivity (Wildman–Crippen MR) is 185 cm³/mol. The maximum absolute atomic E-state index is 13.4. The van der Waals surface area contributed by atoms with Crippen molar-refractivity contribution in [2.24, 2.45) is 0 Å². The lowest BCUT2D eigenvalue weighted by Crippen LogP contribution is -2.30. The van der Waals surface area contributed by atoms with E-state index in [1.165, 1.54) is 17.3 Å². The van der Waals surface area contributed by atoms with Crippen molar-refractivity contribution in [3.05, 3.63) is 144 Å². The first-order chi connectivity index (χ1) is 21.8. The highest BCUT2D eigenvalue weighted by Gasteiger charge is 2.17. The van der Waals surface area contributed by atoms with Gasteiger partial charge in [0.15, 0.2) is 0 Å². The van der Waals surface area contributed by atoms with E-state index in [9.17, 15) is 14.4 Å². The van der Waals surface area contributed by atoms with E-state index in [2.05, 4.69) is 29.8 Å². The molecule has 0 saturated heterocycles. The van der Waals surface area contributed by atoms with Crippen molar-refractivity contribution in [3.63, 3.8) is 0 Å². The quantitative estimate of drug-likeness (QED) is 0.109. The van der Waals surface area contributed by atoms with Crippen LogP contribution in [-0.4, -0.2) is 23.0 Å². The number of carbonyl (C=O) groups is 3. The van der Waals surface area contributed by atoms with Gasteiger partial charge in [-0.15, -0.1) is 11.8 Å². The molecular formula is C38H35N3O3S. The summed E-state index contributed by atoms with van der Waals surface area (Å²) in [5, 5.41) is 10.4. The SMILES string of the molecule is CC(Sc1ccc(NC(=O)/C(=C/c2ccc(C(C)C)cc2)NC(=O)c2ccccc2)cc1)C(=O)Nc1cccc2ccccc12. The van der Waals surface area contributed by atoms with Crippen molar-refractivity contribution < 1.29 is 14.4 Å². The molecule has 0 saturated carbocycles. The topological polar surface area (TPSA) is 87.3 Å². The number of anilines is 2. The average Bonchev–Trinajstić information content (AvgIpc) is 3.06. The molecule has 0 spiro atoms. The zero-order chi connectivity index (χ0) is 31.8. The molecule has 5 aromatic carbocycles. The summed E-state index contributed by atoms with van der Waals surface area (Å²) in [5.74, 6) is -0.542. The largest absolute Gasteiger partial charge is 0.325 e. The molecule has 6 nitrogen and oxygen atoms in total. The van der Waals surface area contributed by atoms with Crippen LogP contribution < -0.4 is 16.0 Å².